The third-order valence-electron chi connectivity index (χ3n) is 8.59. The van der Waals surface area contributed by atoms with Gasteiger partial charge < -0.3 is 10.2 Å². The van der Waals surface area contributed by atoms with Crippen LogP contribution in [-0.4, -0.2) is 60.7 Å². The Labute approximate surface area is 241 Å². The highest BCUT2D eigenvalue weighted by Crippen LogP contribution is 2.42. The topological polar surface area (TPSA) is 125 Å². The van der Waals surface area contributed by atoms with E-state index in [4.69, 9.17) is 0 Å². The molecule has 2 aliphatic heterocycles. The van der Waals surface area contributed by atoms with Crippen molar-refractivity contribution in [3.05, 3.63) is 70.5 Å². The SMILES string of the molecule is Cc1cc(C(=O)NCC(=O)N2[C@H](c3cccc(F)c3)CC[C@@H]2C(C)(C)S(C)(=O)=O)ccc1CC1CC(C)NNC1=O. The third kappa shape index (κ3) is 6.62. The maximum atomic E-state index is 14.1. The van der Waals surface area contributed by atoms with Gasteiger partial charge in [-0.1, -0.05) is 18.2 Å². The first-order valence-electron chi connectivity index (χ1n) is 13.9. The summed E-state index contributed by atoms with van der Waals surface area (Å²) >= 11 is 0. The normalized spacial score (nSPS) is 23.3. The second-order valence-electron chi connectivity index (χ2n) is 11.8. The van der Waals surface area contributed by atoms with E-state index in [9.17, 15) is 27.2 Å². The number of amides is 3. The van der Waals surface area contributed by atoms with Crippen LogP contribution in [0.4, 0.5) is 4.39 Å². The van der Waals surface area contributed by atoms with E-state index < -0.39 is 44.3 Å². The predicted molar refractivity (Wildman–Crippen MR) is 154 cm³/mol. The Bertz CT molecular complexity index is 1440. The average molecular weight is 587 g/mol. The number of aryl methyl sites for hydroxylation is 1. The van der Waals surface area contributed by atoms with Crippen molar-refractivity contribution < 1.29 is 27.2 Å². The number of nitrogens with one attached hydrogen (secondary N) is 3. The van der Waals surface area contributed by atoms with Crippen LogP contribution in [0.3, 0.4) is 0 Å². The largest absolute Gasteiger partial charge is 0.343 e. The van der Waals surface area contributed by atoms with Gasteiger partial charge in [-0.2, -0.15) is 0 Å². The van der Waals surface area contributed by atoms with Crippen molar-refractivity contribution in [2.45, 2.75) is 76.3 Å². The molecule has 3 amide bonds. The second-order valence-corrected chi connectivity index (χ2v) is 14.4. The zero-order chi connectivity index (χ0) is 30.1. The van der Waals surface area contributed by atoms with Crippen LogP contribution in [0.2, 0.25) is 0 Å². The van der Waals surface area contributed by atoms with Gasteiger partial charge in [-0.15, -0.1) is 0 Å². The maximum absolute atomic E-state index is 14.1. The molecule has 2 saturated heterocycles. The fraction of sp³-hybridized carbons (Fsp3) is 0.500. The third-order valence-corrected chi connectivity index (χ3v) is 10.8. The number of hydrogen-bond acceptors (Lipinski definition) is 6. The Hall–Kier alpha value is -3.31. The van der Waals surface area contributed by atoms with Gasteiger partial charge in [0, 0.05) is 23.8 Å². The number of carbonyl (C=O) groups excluding carboxylic acids is 3. The van der Waals surface area contributed by atoms with E-state index in [1.807, 2.05) is 19.9 Å². The highest BCUT2D eigenvalue weighted by molar-refractivity contribution is 7.92. The summed E-state index contributed by atoms with van der Waals surface area (Å²) in [7, 11) is -3.55. The quantitative estimate of drug-likeness (QED) is 0.437. The monoisotopic (exact) mass is 586 g/mol. The number of nitrogens with zero attached hydrogens (tertiary/aromatic N) is 1. The van der Waals surface area contributed by atoms with Crippen LogP contribution in [0.1, 0.15) is 73.1 Å². The highest BCUT2D eigenvalue weighted by Gasteiger charge is 2.49. The van der Waals surface area contributed by atoms with Crippen molar-refractivity contribution in [2.24, 2.45) is 5.92 Å². The molecule has 0 saturated carbocycles. The van der Waals surface area contributed by atoms with Gasteiger partial charge >= 0.3 is 0 Å². The predicted octanol–water partition coefficient (Wildman–Crippen LogP) is 2.99. The highest BCUT2D eigenvalue weighted by atomic mass is 32.2. The second kappa shape index (κ2) is 11.9. The lowest BCUT2D eigenvalue weighted by molar-refractivity contribution is -0.133. The van der Waals surface area contributed by atoms with Gasteiger partial charge in [-0.3, -0.25) is 19.8 Å². The summed E-state index contributed by atoms with van der Waals surface area (Å²) in [5, 5.41) is 2.68. The molecule has 2 aromatic carbocycles. The molecule has 2 fully saturated rings. The van der Waals surface area contributed by atoms with Crippen molar-refractivity contribution in [3.8, 4) is 0 Å². The lowest BCUT2D eigenvalue weighted by atomic mass is 9.89. The number of sulfone groups is 1. The van der Waals surface area contributed by atoms with Gasteiger partial charge in [0.25, 0.3) is 5.91 Å². The summed E-state index contributed by atoms with van der Waals surface area (Å²) in [4.78, 5) is 40.4. The van der Waals surface area contributed by atoms with Gasteiger partial charge in [-0.25, -0.2) is 18.2 Å². The smallest absolute Gasteiger partial charge is 0.251 e. The van der Waals surface area contributed by atoms with Crippen molar-refractivity contribution >= 4 is 27.6 Å². The molecule has 0 aromatic heterocycles. The zero-order valence-corrected chi connectivity index (χ0v) is 25.0. The van der Waals surface area contributed by atoms with E-state index in [1.165, 1.54) is 17.0 Å². The van der Waals surface area contributed by atoms with Crippen LogP contribution >= 0.6 is 0 Å². The van der Waals surface area contributed by atoms with Crippen molar-refractivity contribution in [1.29, 1.82) is 0 Å². The first-order chi connectivity index (χ1) is 19.2. The molecule has 0 aliphatic carbocycles. The number of carbonyl (C=O) groups is 3. The Morgan fingerprint density at radius 3 is 2.54 bits per heavy atom. The Balaban J connectivity index is 1.49. The molecule has 11 heteroatoms. The van der Waals surface area contributed by atoms with E-state index in [1.54, 1.807) is 38.1 Å². The minimum atomic E-state index is -3.55. The molecule has 2 aromatic rings. The van der Waals surface area contributed by atoms with E-state index in [-0.39, 0.29) is 24.4 Å². The standard InChI is InChI=1S/C30H39FN4O5S/c1-18-13-22(10-9-20(18)15-23-14-19(2)33-34-29(23)38)28(37)32-17-27(36)35-25(21-7-6-8-24(31)16-21)11-12-26(35)30(3,4)41(5,39)40/h6-10,13,16,19,23,25-26,33H,11-12,14-15,17H2,1-5H3,(H,32,37)(H,34,38)/t19?,23?,25-,26+/m0/s1. The summed E-state index contributed by atoms with van der Waals surface area (Å²) in [5.41, 5.74) is 8.42. The number of rotatable bonds is 8. The fourth-order valence-electron chi connectivity index (χ4n) is 5.88. The van der Waals surface area contributed by atoms with Crippen LogP contribution in [-0.2, 0) is 25.8 Å². The van der Waals surface area contributed by atoms with Crippen molar-refractivity contribution in [3.63, 3.8) is 0 Å². The minimum absolute atomic E-state index is 0.0568. The Morgan fingerprint density at radius 2 is 1.88 bits per heavy atom. The number of hydrazine groups is 1. The molecule has 2 aliphatic rings. The van der Waals surface area contributed by atoms with E-state index in [0.29, 0.717) is 36.8 Å². The molecule has 0 radical (unpaired) electrons. The first kappa shape index (κ1) is 30.6. The Kier molecular flexibility index (Phi) is 8.89. The van der Waals surface area contributed by atoms with E-state index >= 15 is 0 Å². The minimum Gasteiger partial charge on any atom is -0.343 e. The van der Waals surface area contributed by atoms with Crippen LogP contribution in [0.25, 0.3) is 0 Å². The van der Waals surface area contributed by atoms with E-state index in [0.717, 1.165) is 17.4 Å². The molecule has 4 atom stereocenters. The summed E-state index contributed by atoms with van der Waals surface area (Å²) in [6.45, 7) is 6.73. The molecule has 2 unspecified atom stereocenters. The number of benzene rings is 2. The number of halogens is 1. The van der Waals surface area contributed by atoms with Crippen molar-refractivity contribution in [2.75, 3.05) is 12.8 Å². The van der Waals surface area contributed by atoms with Gasteiger partial charge in [-0.05, 0) is 94.3 Å². The molecule has 41 heavy (non-hydrogen) atoms. The summed E-state index contributed by atoms with van der Waals surface area (Å²) in [6.07, 6.45) is 3.31. The van der Waals surface area contributed by atoms with Crippen LogP contribution in [0.5, 0.6) is 0 Å². The summed E-state index contributed by atoms with van der Waals surface area (Å²) in [6, 6.07) is 10.2. The zero-order valence-electron chi connectivity index (χ0n) is 24.2. The van der Waals surface area contributed by atoms with Crippen molar-refractivity contribution in [1.82, 2.24) is 21.1 Å². The fourth-order valence-corrected chi connectivity index (χ4v) is 6.60. The van der Waals surface area contributed by atoms with Crippen LogP contribution in [0, 0.1) is 18.7 Å². The van der Waals surface area contributed by atoms with E-state index in [2.05, 4.69) is 16.2 Å². The lowest BCUT2D eigenvalue weighted by Crippen LogP contribution is -2.54. The molecule has 2 heterocycles. The molecule has 0 spiro atoms. The molecular formula is C30H39FN4O5S. The first-order valence-corrected chi connectivity index (χ1v) is 15.8. The maximum Gasteiger partial charge on any atom is 0.251 e. The van der Waals surface area contributed by atoms with Gasteiger partial charge in [0.1, 0.15) is 5.82 Å². The molecule has 0 bridgehead atoms. The number of likely N-dealkylation sites (tertiary alicyclic amines) is 1. The van der Waals surface area contributed by atoms with Crippen LogP contribution < -0.4 is 16.2 Å². The Morgan fingerprint density at radius 1 is 1.15 bits per heavy atom. The number of hydrogen-bond donors (Lipinski definition) is 3. The summed E-state index contributed by atoms with van der Waals surface area (Å²) in [5.74, 6) is -1.55. The summed E-state index contributed by atoms with van der Waals surface area (Å²) < 4.78 is 38.2. The molecule has 4 rings (SSSR count). The molecule has 9 nitrogen and oxygen atoms in total. The lowest BCUT2D eigenvalue weighted by Gasteiger charge is -2.39. The van der Waals surface area contributed by atoms with Gasteiger partial charge in [0.05, 0.1) is 23.4 Å². The average Bonchev–Trinajstić information content (AvgIpc) is 3.36. The molecular weight excluding hydrogens is 547 g/mol. The molecule has 222 valence electrons. The van der Waals surface area contributed by atoms with Gasteiger partial charge in [0.15, 0.2) is 9.84 Å². The molecule has 3 N–H and O–H groups in total. The van der Waals surface area contributed by atoms with Crippen LogP contribution in [0.15, 0.2) is 42.5 Å². The van der Waals surface area contributed by atoms with Gasteiger partial charge in [0.2, 0.25) is 11.8 Å².